The number of aromatic nitrogens is 2. The first kappa shape index (κ1) is 23.1. The Balaban J connectivity index is 1.79. The zero-order chi connectivity index (χ0) is 23.9. The molecule has 170 valence electrons. The number of sulfonamides is 1. The summed E-state index contributed by atoms with van der Waals surface area (Å²) in [4.78, 5) is 12.7. The number of amides is 1. The second-order valence-electron chi connectivity index (χ2n) is 6.98. The molecule has 0 radical (unpaired) electrons. The molecule has 33 heavy (non-hydrogen) atoms. The average Bonchev–Trinajstić information content (AvgIpc) is 3.18. The Hall–Kier alpha value is -3.05. The number of hydrogen-bond acceptors (Lipinski definition) is 4. The van der Waals surface area contributed by atoms with Gasteiger partial charge < -0.3 is 5.32 Å². The van der Waals surface area contributed by atoms with E-state index in [1.54, 1.807) is 6.07 Å². The van der Waals surface area contributed by atoms with E-state index in [-0.39, 0.29) is 26.7 Å². The number of anilines is 1. The van der Waals surface area contributed by atoms with Crippen LogP contribution >= 0.6 is 23.2 Å². The van der Waals surface area contributed by atoms with Gasteiger partial charge in [0, 0.05) is 5.69 Å². The number of benzene rings is 2. The van der Waals surface area contributed by atoms with Gasteiger partial charge in [0.1, 0.15) is 5.69 Å². The van der Waals surface area contributed by atoms with Crippen molar-refractivity contribution in [1.82, 2.24) is 9.61 Å². The SMILES string of the molecule is NS(=O)(=O)c1cccc(NC(=O)c2cnn3c(C(F)F)cc(-c4ccc(Cl)c(Cl)c4)cc23)c1. The van der Waals surface area contributed by atoms with Crippen molar-refractivity contribution in [2.24, 2.45) is 5.14 Å². The van der Waals surface area contributed by atoms with Crippen LogP contribution in [0.5, 0.6) is 0 Å². The van der Waals surface area contributed by atoms with Crippen LogP contribution in [-0.2, 0) is 10.0 Å². The highest BCUT2D eigenvalue weighted by Gasteiger charge is 2.21. The fourth-order valence-corrected chi connectivity index (χ4v) is 4.09. The average molecular weight is 511 g/mol. The number of primary sulfonamides is 1. The Morgan fingerprint density at radius 2 is 1.79 bits per heavy atom. The number of nitrogens with zero attached hydrogens (tertiary/aromatic N) is 2. The molecule has 4 rings (SSSR count). The molecule has 7 nitrogen and oxygen atoms in total. The zero-order valence-corrected chi connectivity index (χ0v) is 18.8. The third-order valence-corrected chi connectivity index (χ3v) is 6.44. The van der Waals surface area contributed by atoms with E-state index in [9.17, 15) is 22.0 Å². The molecule has 0 aliphatic carbocycles. The minimum Gasteiger partial charge on any atom is -0.322 e. The highest BCUT2D eigenvalue weighted by Crippen LogP contribution is 2.33. The fraction of sp³-hybridized carbons (Fsp3) is 0.0476. The molecule has 0 unspecified atom stereocenters. The Bertz CT molecular complexity index is 1510. The Morgan fingerprint density at radius 3 is 2.45 bits per heavy atom. The van der Waals surface area contributed by atoms with Gasteiger partial charge in [-0.15, -0.1) is 0 Å². The molecule has 3 N–H and O–H groups in total. The summed E-state index contributed by atoms with van der Waals surface area (Å²) in [6.07, 6.45) is -1.73. The fourth-order valence-electron chi connectivity index (χ4n) is 3.23. The number of carbonyl (C=O) groups excluding carboxylic acids is 1. The largest absolute Gasteiger partial charge is 0.322 e. The van der Waals surface area contributed by atoms with E-state index >= 15 is 0 Å². The minimum absolute atomic E-state index is 0.000167. The van der Waals surface area contributed by atoms with E-state index in [1.807, 2.05) is 0 Å². The van der Waals surface area contributed by atoms with Gasteiger partial charge in [0.15, 0.2) is 0 Å². The number of alkyl halides is 2. The second-order valence-corrected chi connectivity index (χ2v) is 9.36. The summed E-state index contributed by atoms with van der Waals surface area (Å²) in [5.74, 6) is -0.678. The number of hydrogen-bond donors (Lipinski definition) is 2. The molecule has 2 aromatic carbocycles. The van der Waals surface area contributed by atoms with Crippen LogP contribution in [0.25, 0.3) is 16.6 Å². The maximum Gasteiger partial charge on any atom is 0.280 e. The lowest BCUT2D eigenvalue weighted by atomic mass is 10.0. The van der Waals surface area contributed by atoms with Crippen LogP contribution in [-0.4, -0.2) is 23.9 Å². The molecule has 4 aromatic rings. The van der Waals surface area contributed by atoms with Crippen molar-refractivity contribution in [2.75, 3.05) is 5.32 Å². The lowest BCUT2D eigenvalue weighted by molar-refractivity contribution is 0.102. The lowest BCUT2D eigenvalue weighted by Gasteiger charge is -2.11. The third-order valence-electron chi connectivity index (χ3n) is 4.79. The smallest absolute Gasteiger partial charge is 0.280 e. The molecule has 0 aliphatic rings. The molecule has 2 aromatic heterocycles. The molecular weight excluding hydrogens is 497 g/mol. The van der Waals surface area contributed by atoms with E-state index in [1.165, 1.54) is 48.5 Å². The van der Waals surface area contributed by atoms with Crippen LogP contribution in [0, 0.1) is 0 Å². The first-order chi connectivity index (χ1) is 15.5. The van der Waals surface area contributed by atoms with E-state index in [0.717, 1.165) is 10.7 Å². The number of pyridine rings is 1. The molecule has 0 spiro atoms. The van der Waals surface area contributed by atoms with Crippen molar-refractivity contribution < 1.29 is 22.0 Å². The number of rotatable bonds is 5. The first-order valence-electron chi connectivity index (χ1n) is 9.24. The first-order valence-corrected chi connectivity index (χ1v) is 11.5. The molecule has 0 fully saturated rings. The van der Waals surface area contributed by atoms with Gasteiger partial charge in [-0.2, -0.15) is 5.10 Å². The summed E-state index contributed by atoms with van der Waals surface area (Å²) in [7, 11) is -3.98. The quantitative estimate of drug-likeness (QED) is 0.387. The van der Waals surface area contributed by atoms with Gasteiger partial charge in [-0.1, -0.05) is 35.3 Å². The van der Waals surface area contributed by atoms with Crippen LogP contribution in [0.4, 0.5) is 14.5 Å². The van der Waals surface area contributed by atoms with Gasteiger partial charge in [-0.3, -0.25) is 4.79 Å². The van der Waals surface area contributed by atoms with E-state index in [4.69, 9.17) is 28.3 Å². The van der Waals surface area contributed by atoms with Crippen molar-refractivity contribution in [3.8, 4) is 11.1 Å². The second kappa shape index (κ2) is 8.71. The van der Waals surface area contributed by atoms with Crippen LogP contribution < -0.4 is 10.5 Å². The summed E-state index contributed by atoms with van der Waals surface area (Å²) in [5, 5.41) is 12.1. The van der Waals surface area contributed by atoms with Gasteiger partial charge in [-0.05, 0) is 53.6 Å². The topological polar surface area (TPSA) is 107 Å². The maximum atomic E-state index is 13.8. The summed E-state index contributed by atoms with van der Waals surface area (Å²) in [5.41, 5.74) is 0.739. The molecule has 0 atom stereocenters. The molecule has 12 heteroatoms. The van der Waals surface area contributed by atoms with E-state index in [0.29, 0.717) is 16.1 Å². The van der Waals surface area contributed by atoms with Gasteiger partial charge in [0.05, 0.1) is 32.2 Å². The summed E-state index contributed by atoms with van der Waals surface area (Å²) in [6.45, 7) is 0. The van der Waals surface area contributed by atoms with Crippen molar-refractivity contribution in [3.63, 3.8) is 0 Å². The van der Waals surface area contributed by atoms with E-state index < -0.39 is 28.0 Å². The van der Waals surface area contributed by atoms with Gasteiger partial charge in [0.25, 0.3) is 12.3 Å². The zero-order valence-electron chi connectivity index (χ0n) is 16.5. The molecule has 0 saturated carbocycles. The van der Waals surface area contributed by atoms with Gasteiger partial charge in [0.2, 0.25) is 10.0 Å². The highest BCUT2D eigenvalue weighted by molar-refractivity contribution is 7.89. The number of nitrogens with two attached hydrogens (primary N) is 1. The Kier molecular flexibility index (Phi) is 6.10. The molecule has 2 heterocycles. The molecule has 0 aliphatic heterocycles. The van der Waals surface area contributed by atoms with Crippen LogP contribution in [0.3, 0.4) is 0 Å². The van der Waals surface area contributed by atoms with Crippen molar-refractivity contribution in [1.29, 1.82) is 0 Å². The molecule has 1 amide bonds. The summed E-state index contributed by atoms with van der Waals surface area (Å²) >= 11 is 12.0. The molecule has 0 saturated heterocycles. The van der Waals surface area contributed by atoms with Crippen molar-refractivity contribution in [2.45, 2.75) is 11.3 Å². The number of fused-ring (bicyclic) bond motifs is 1. The lowest BCUT2D eigenvalue weighted by Crippen LogP contribution is -2.15. The highest BCUT2D eigenvalue weighted by atomic mass is 35.5. The molecular formula is C21H14Cl2F2N4O3S. The Morgan fingerprint density at radius 1 is 1.03 bits per heavy atom. The predicted molar refractivity (Wildman–Crippen MR) is 121 cm³/mol. The van der Waals surface area contributed by atoms with Crippen LogP contribution in [0.15, 0.2) is 65.7 Å². The molecule has 0 bridgehead atoms. The number of carbonyl (C=O) groups is 1. The number of halogens is 4. The minimum atomic E-state index is -3.98. The van der Waals surface area contributed by atoms with Crippen molar-refractivity contribution in [3.05, 3.63) is 82.1 Å². The van der Waals surface area contributed by atoms with Crippen molar-refractivity contribution >= 4 is 50.3 Å². The van der Waals surface area contributed by atoms with Crippen LogP contribution in [0.2, 0.25) is 10.0 Å². The Labute approximate surface area is 196 Å². The maximum absolute atomic E-state index is 13.8. The standard InChI is InChI=1S/C21H14Cl2F2N4O3S/c22-16-5-4-11(6-17(16)23)12-7-18-15(10-27-29(18)19(8-12)20(24)25)21(30)28-13-2-1-3-14(9-13)33(26,31)32/h1-10,20H,(H,28,30)(H2,26,31,32). The summed E-state index contributed by atoms with van der Waals surface area (Å²) < 4.78 is 51.6. The van der Waals surface area contributed by atoms with Gasteiger partial charge in [-0.25, -0.2) is 26.9 Å². The van der Waals surface area contributed by atoms with Gasteiger partial charge >= 0.3 is 0 Å². The number of nitrogens with one attached hydrogen (secondary N) is 1. The summed E-state index contributed by atoms with van der Waals surface area (Å²) in [6, 6.07) is 12.8. The normalized spacial score (nSPS) is 11.8. The monoisotopic (exact) mass is 510 g/mol. The van der Waals surface area contributed by atoms with E-state index in [2.05, 4.69) is 10.4 Å². The van der Waals surface area contributed by atoms with Crippen LogP contribution in [0.1, 0.15) is 22.5 Å². The third kappa shape index (κ3) is 4.69. The predicted octanol–water partition coefficient (Wildman–Crippen LogP) is 5.15.